The lowest BCUT2D eigenvalue weighted by atomic mass is 10.1. The van der Waals surface area contributed by atoms with Gasteiger partial charge < -0.3 is 10.6 Å². The summed E-state index contributed by atoms with van der Waals surface area (Å²) in [4.78, 5) is 40.8. The van der Waals surface area contributed by atoms with E-state index in [4.69, 9.17) is 0 Å². The molecule has 0 aliphatic carbocycles. The first kappa shape index (κ1) is 23.7. The minimum Gasteiger partial charge on any atom is -0.325 e. The van der Waals surface area contributed by atoms with Crippen LogP contribution in [0.15, 0.2) is 108 Å². The van der Waals surface area contributed by atoms with Crippen molar-refractivity contribution in [3.05, 3.63) is 125 Å². The first-order valence-electron chi connectivity index (χ1n) is 10.6. The average Bonchev–Trinajstić information content (AvgIpc) is 2.88. The molecular weight excluding hydrogens is 464 g/mol. The molecule has 0 radical (unpaired) electrons. The van der Waals surface area contributed by atoms with Crippen LogP contribution in [-0.4, -0.2) is 21.7 Å². The Morgan fingerprint density at radius 1 is 0.829 bits per heavy atom. The monoisotopic (exact) mass is 484 g/mol. The highest BCUT2D eigenvalue weighted by molar-refractivity contribution is 8.00. The van der Waals surface area contributed by atoms with Gasteiger partial charge in [0.15, 0.2) is 0 Å². The lowest BCUT2D eigenvalue weighted by Gasteiger charge is -2.17. The van der Waals surface area contributed by atoms with Gasteiger partial charge in [0, 0.05) is 46.4 Å². The Morgan fingerprint density at radius 3 is 2.23 bits per heavy atom. The molecule has 3 aromatic carbocycles. The number of nitrogens with one attached hydrogen (secondary N) is 2. The molecule has 0 spiro atoms. The van der Waals surface area contributed by atoms with E-state index in [1.165, 1.54) is 36.0 Å². The number of nitrogens with zero attached hydrogens (tertiary/aromatic N) is 2. The number of aromatic nitrogens is 1. The number of nitro groups is 1. The molecule has 1 heterocycles. The largest absolute Gasteiger partial charge is 0.325 e. The Kier molecular flexibility index (Phi) is 7.49. The van der Waals surface area contributed by atoms with Gasteiger partial charge in [-0.15, -0.1) is 11.8 Å². The maximum Gasteiger partial charge on any atom is 0.269 e. The zero-order chi connectivity index (χ0) is 24.6. The second-order valence-electron chi connectivity index (χ2n) is 7.42. The molecular formula is C26H20N4O4S. The van der Waals surface area contributed by atoms with Gasteiger partial charge in [0.2, 0.25) is 5.91 Å². The third-order valence-corrected chi connectivity index (χ3v) is 6.22. The molecule has 0 aliphatic rings. The number of amides is 2. The predicted molar refractivity (Wildman–Crippen MR) is 135 cm³/mol. The van der Waals surface area contributed by atoms with Crippen LogP contribution in [0.2, 0.25) is 0 Å². The molecule has 174 valence electrons. The van der Waals surface area contributed by atoms with Crippen LogP contribution in [-0.2, 0) is 4.79 Å². The van der Waals surface area contributed by atoms with Crippen molar-refractivity contribution < 1.29 is 14.5 Å². The molecule has 0 saturated carbocycles. The van der Waals surface area contributed by atoms with Crippen LogP contribution in [0.3, 0.4) is 0 Å². The van der Waals surface area contributed by atoms with E-state index in [1.54, 1.807) is 42.7 Å². The number of thioether (sulfide) groups is 1. The quantitative estimate of drug-likeness (QED) is 0.188. The topological polar surface area (TPSA) is 114 Å². The van der Waals surface area contributed by atoms with Crippen molar-refractivity contribution in [2.75, 3.05) is 10.6 Å². The normalized spacial score (nSPS) is 11.3. The van der Waals surface area contributed by atoms with Crippen LogP contribution in [0.1, 0.15) is 21.2 Å². The van der Waals surface area contributed by atoms with Gasteiger partial charge in [-0.1, -0.05) is 36.4 Å². The van der Waals surface area contributed by atoms with Crippen molar-refractivity contribution in [1.82, 2.24) is 4.98 Å². The molecule has 4 aromatic rings. The maximum absolute atomic E-state index is 13.2. The van der Waals surface area contributed by atoms with Crippen LogP contribution in [0.4, 0.5) is 17.1 Å². The highest BCUT2D eigenvalue weighted by Gasteiger charge is 2.22. The van der Waals surface area contributed by atoms with E-state index >= 15 is 0 Å². The van der Waals surface area contributed by atoms with Crippen LogP contribution < -0.4 is 10.6 Å². The summed E-state index contributed by atoms with van der Waals surface area (Å²) in [7, 11) is 0. The Bertz CT molecular complexity index is 1330. The molecule has 4 rings (SSSR count). The third-order valence-electron chi connectivity index (χ3n) is 4.97. The second-order valence-corrected chi connectivity index (χ2v) is 8.60. The molecule has 2 N–H and O–H groups in total. The fourth-order valence-corrected chi connectivity index (χ4v) is 4.35. The van der Waals surface area contributed by atoms with Gasteiger partial charge >= 0.3 is 0 Å². The number of nitro benzene ring substituents is 1. The van der Waals surface area contributed by atoms with E-state index in [2.05, 4.69) is 15.6 Å². The Balaban J connectivity index is 1.51. The number of hydrogen-bond donors (Lipinski definition) is 2. The summed E-state index contributed by atoms with van der Waals surface area (Å²) < 4.78 is 0. The van der Waals surface area contributed by atoms with Crippen LogP contribution >= 0.6 is 11.8 Å². The molecule has 8 nitrogen and oxygen atoms in total. The van der Waals surface area contributed by atoms with Crippen molar-refractivity contribution in [2.24, 2.45) is 0 Å². The van der Waals surface area contributed by atoms with Gasteiger partial charge in [0.05, 0.1) is 4.92 Å². The van der Waals surface area contributed by atoms with E-state index < -0.39 is 16.1 Å². The fraction of sp³-hybridized carbons (Fsp3) is 0.0385. The molecule has 0 aliphatic heterocycles. The third kappa shape index (κ3) is 6.30. The lowest BCUT2D eigenvalue weighted by Crippen LogP contribution is -2.19. The molecule has 9 heteroatoms. The first-order chi connectivity index (χ1) is 17.0. The van der Waals surface area contributed by atoms with E-state index in [0.29, 0.717) is 16.9 Å². The highest BCUT2D eigenvalue weighted by atomic mass is 32.2. The summed E-state index contributed by atoms with van der Waals surface area (Å²) in [6.45, 7) is 0. The van der Waals surface area contributed by atoms with Crippen molar-refractivity contribution in [3.8, 4) is 0 Å². The van der Waals surface area contributed by atoms with Gasteiger partial charge in [0.1, 0.15) is 5.25 Å². The van der Waals surface area contributed by atoms with Gasteiger partial charge in [-0.05, 0) is 48.0 Å². The van der Waals surface area contributed by atoms with Crippen LogP contribution in [0, 0.1) is 10.1 Å². The number of rotatable bonds is 8. The van der Waals surface area contributed by atoms with Crippen molar-refractivity contribution in [2.45, 2.75) is 10.1 Å². The Morgan fingerprint density at radius 2 is 1.54 bits per heavy atom. The van der Waals surface area contributed by atoms with Gasteiger partial charge in [-0.25, -0.2) is 0 Å². The van der Waals surface area contributed by atoms with E-state index in [9.17, 15) is 19.7 Å². The SMILES string of the molecule is O=C(Nc1cccc(SC(C(=O)Nc2ccncc2)c2ccccc2)c1)c1ccc([N+](=O)[O-])cc1. The smallest absolute Gasteiger partial charge is 0.269 e. The zero-order valence-corrected chi connectivity index (χ0v) is 19.1. The molecule has 1 unspecified atom stereocenters. The molecule has 1 aromatic heterocycles. The first-order valence-corrected chi connectivity index (χ1v) is 11.5. The number of carbonyl (C=O) groups is 2. The van der Waals surface area contributed by atoms with Crippen LogP contribution in [0.25, 0.3) is 0 Å². The zero-order valence-electron chi connectivity index (χ0n) is 18.3. The molecule has 35 heavy (non-hydrogen) atoms. The summed E-state index contributed by atoms with van der Waals surface area (Å²) >= 11 is 1.36. The Labute approximate surface area is 205 Å². The minimum absolute atomic E-state index is 0.0862. The standard InChI is InChI=1S/C26H20N4O4S/c31-25(19-9-11-22(12-10-19)30(33)34)29-21-7-4-8-23(17-21)35-24(18-5-2-1-3-6-18)26(32)28-20-13-15-27-16-14-20/h1-17,24H,(H,29,31)(H,27,28,32). The summed E-state index contributed by atoms with van der Waals surface area (Å²) in [6.07, 6.45) is 3.22. The second kappa shape index (κ2) is 11.1. The summed E-state index contributed by atoms with van der Waals surface area (Å²) in [5.74, 6) is -0.579. The van der Waals surface area contributed by atoms with E-state index in [0.717, 1.165) is 10.5 Å². The predicted octanol–water partition coefficient (Wildman–Crippen LogP) is 5.71. The number of anilines is 2. The molecule has 0 bridgehead atoms. The molecule has 2 amide bonds. The minimum atomic E-state index is -0.537. The molecule has 0 fully saturated rings. The Hall–Kier alpha value is -4.50. The maximum atomic E-state index is 13.2. The van der Waals surface area contributed by atoms with Crippen molar-refractivity contribution >= 4 is 40.6 Å². The van der Waals surface area contributed by atoms with E-state index in [1.807, 2.05) is 36.4 Å². The summed E-state index contributed by atoms with van der Waals surface area (Å²) in [5.41, 5.74) is 2.24. The van der Waals surface area contributed by atoms with Gasteiger partial charge in [-0.2, -0.15) is 0 Å². The van der Waals surface area contributed by atoms with Crippen molar-refractivity contribution in [3.63, 3.8) is 0 Å². The number of carbonyl (C=O) groups excluding carboxylic acids is 2. The van der Waals surface area contributed by atoms with Crippen molar-refractivity contribution in [1.29, 1.82) is 0 Å². The van der Waals surface area contributed by atoms with Gasteiger partial charge in [-0.3, -0.25) is 24.7 Å². The van der Waals surface area contributed by atoms with Crippen LogP contribution in [0.5, 0.6) is 0 Å². The average molecular weight is 485 g/mol. The summed E-state index contributed by atoms with van der Waals surface area (Å²) in [5, 5.41) is 16.0. The highest BCUT2D eigenvalue weighted by Crippen LogP contribution is 2.37. The number of hydrogen-bond acceptors (Lipinski definition) is 6. The fourth-order valence-electron chi connectivity index (χ4n) is 3.26. The number of non-ortho nitro benzene ring substituents is 1. The van der Waals surface area contributed by atoms with Gasteiger partial charge in [0.25, 0.3) is 11.6 Å². The number of benzene rings is 3. The number of pyridine rings is 1. The van der Waals surface area contributed by atoms with E-state index in [-0.39, 0.29) is 11.6 Å². The molecule has 0 saturated heterocycles. The summed E-state index contributed by atoms with van der Waals surface area (Å²) in [6, 6.07) is 25.4. The lowest BCUT2D eigenvalue weighted by molar-refractivity contribution is -0.384. The molecule has 1 atom stereocenters.